The summed E-state index contributed by atoms with van der Waals surface area (Å²) in [5.74, 6) is -0.232. The monoisotopic (exact) mass is 532 g/mol. The highest BCUT2D eigenvalue weighted by atomic mass is 32.2. The molecule has 0 atom stereocenters. The highest BCUT2D eigenvalue weighted by molar-refractivity contribution is 7.91. The summed E-state index contributed by atoms with van der Waals surface area (Å²) in [4.78, 5) is 19.3. The highest BCUT2D eigenvalue weighted by Crippen LogP contribution is 2.51. The first kappa shape index (κ1) is 27.2. The largest absolute Gasteiger partial charge is 0.487 e. The van der Waals surface area contributed by atoms with Crippen LogP contribution in [0.4, 0.5) is 20.3 Å². The van der Waals surface area contributed by atoms with Gasteiger partial charge in [-0.2, -0.15) is 0 Å². The van der Waals surface area contributed by atoms with Crippen LogP contribution >= 0.6 is 0 Å². The summed E-state index contributed by atoms with van der Waals surface area (Å²) in [5, 5.41) is 0. The second kappa shape index (κ2) is 9.19. The van der Waals surface area contributed by atoms with E-state index in [4.69, 9.17) is 4.74 Å². The van der Waals surface area contributed by atoms with Crippen molar-refractivity contribution in [3.8, 4) is 5.75 Å². The van der Waals surface area contributed by atoms with Crippen LogP contribution in [0.1, 0.15) is 69.8 Å². The molecule has 2 aromatic rings. The molecule has 1 aromatic heterocycles. The third-order valence-corrected chi connectivity index (χ3v) is 9.10. The maximum absolute atomic E-state index is 14.4. The predicted molar refractivity (Wildman–Crippen MR) is 141 cm³/mol. The van der Waals surface area contributed by atoms with Gasteiger partial charge >= 0.3 is 0 Å². The highest BCUT2D eigenvalue weighted by Gasteiger charge is 2.41. The lowest BCUT2D eigenvalue weighted by atomic mass is 9.77. The normalized spacial score (nSPS) is 20.0. The molecule has 6 nitrogen and oxygen atoms in total. The van der Waals surface area contributed by atoms with Crippen molar-refractivity contribution in [1.29, 1.82) is 0 Å². The Balaban J connectivity index is 1.63. The Kier molecular flexibility index (Phi) is 6.76. The molecular formula is C28H34F2N2O4S. The number of carbonyl (C=O) groups is 1. The molecular weight excluding hydrogens is 498 g/mol. The van der Waals surface area contributed by atoms with Gasteiger partial charge in [-0.05, 0) is 55.9 Å². The number of Topliss-reactive ketones (excluding diaryl/α,β-unsaturated/α-hetero) is 1. The van der Waals surface area contributed by atoms with Gasteiger partial charge in [-0.25, -0.2) is 22.2 Å². The standard InChI is InChI=1S/C28H34F2N2O4S/c1-18-27(4,5)20-13-19(23(33)15-28(6)9-11-37(34,35)12-10-28)7-8-22(20)32(18)25-14-24(21(29)16-31-25)36-17-26(2,3)30/h7-8,13-14,16H,1,9-12,15,17H2,2-6H3. The fourth-order valence-electron chi connectivity index (χ4n) is 4.84. The number of sulfone groups is 1. The summed E-state index contributed by atoms with van der Waals surface area (Å²) < 4.78 is 57.4. The van der Waals surface area contributed by atoms with E-state index in [0.29, 0.717) is 29.9 Å². The van der Waals surface area contributed by atoms with Crippen molar-refractivity contribution in [2.24, 2.45) is 5.41 Å². The number of benzene rings is 1. The van der Waals surface area contributed by atoms with Crippen molar-refractivity contribution >= 4 is 27.1 Å². The van der Waals surface area contributed by atoms with Crippen LogP contribution in [0.2, 0.25) is 0 Å². The lowest BCUT2D eigenvalue weighted by Crippen LogP contribution is -2.33. The van der Waals surface area contributed by atoms with Gasteiger partial charge < -0.3 is 4.74 Å². The average molecular weight is 533 g/mol. The van der Waals surface area contributed by atoms with Crippen LogP contribution in [0.5, 0.6) is 5.75 Å². The molecule has 0 amide bonds. The van der Waals surface area contributed by atoms with Gasteiger partial charge in [-0.3, -0.25) is 9.69 Å². The van der Waals surface area contributed by atoms with Crippen molar-refractivity contribution in [3.63, 3.8) is 0 Å². The van der Waals surface area contributed by atoms with Crippen LogP contribution < -0.4 is 9.64 Å². The minimum absolute atomic E-state index is 0.0334. The number of aromatic nitrogens is 1. The van der Waals surface area contributed by atoms with Gasteiger partial charge in [0.25, 0.3) is 0 Å². The van der Waals surface area contributed by atoms with Crippen LogP contribution in [0.3, 0.4) is 0 Å². The fraction of sp³-hybridized carbons (Fsp3) is 0.500. The zero-order valence-corrected chi connectivity index (χ0v) is 22.8. The Morgan fingerprint density at radius 1 is 1.19 bits per heavy atom. The minimum atomic E-state index is -3.02. The molecule has 0 unspecified atom stereocenters. The van der Waals surface area contributed by atoms with E-state index in [2.05, 4.69) is 11.6 Å². The van der Waals surface area contributed by atoms with Crippen molar-refractivity contribution in [3.05, 3.63) is 59.7 Å². The van der Waals surface area contributed by atoms with Crippen LogP contribution in [-0.4, -0.2) is 43.0 Å². The van der Waals surface area contributed by atoms with Gasteiger partial charge in [-0.1, -0.05) is 27.4 Å². The quantitative estimate of drug-likeness (QED) is 0.403. The summed E-state index contributed by atoms with van der Waals surface area (Å²) in [6.07, 6.45) is 2.26. The first-order chi connectivity index (χ1) is 17.0. The van der Waals surface area contributed by atoms with Gasteiger partial charge in [0, 0.05) is 29.2 Å². The van der Waals surface area contributed by atoms with Gasteiger partial charge in [0.15, 0.2) is 17.3 Å². The number of fused-ring (bicyclic) bond motifs is 1. The van der Waals surface area contributed by atoms with Gasteiger partial charge in [0.2, 0.25) is 0 Å². The maximum Gasteiger partial charge on any atom is 0.183 e. The molecule has 1 aromatic carbocycles. The van der Waals surface area contributed by atoms with Gasteiger partial charge in [-0.15, -0.1) is 0 Å². The first-order valence-electron chi connectivity index (χ1n) is 12.4. The van der Waals surface area contributed by atoms with Gasteiger partial charge in [0.1, 0.15) is 27.9 Å². The molecule has 4 rings (SSSR count). The molecule has 200 valence electrons. The molecule has 9 heteroatoms. The minimum Gasteiger partial charge on any atom is -0.487 e. The number of ether oxygens (including phenoxy) is 1. The Morgan fingerprint density at radius 2 is 1.84 bits per heavy atom. The van der Waals surface area contributed by atoms with E-state index in [0.717, 1.165) is 17.4 Å². The Hall–Kier alpha value is -2.81. The summed E-state index contributed by atoms with van der Waals surface area (Å²) >= 11 is 0. The summed E-state index contributed by atoms with van der Waals surface area (Å²) in [7, 11) is -3.02. The lowest BCUT2D eigenvalue weighted by molar-refractivity contribution is 0.0911. The Bertz CT molecular complexity index is 1350. The maximum atomic E-state index is 14.4. The van der Waals surface area contributed by atoms with Crippen molar-refractivity contribution in [2.75, 3.05) is 23.0 Å². The molecule has 0 spiro atoms. The van der Waals surface area contributed by atoms with E-state index in [9.17, 15) is 22.0 Å². The Morgan fingerprint density at radius 3 is 2.46 bits per heavy atom. The summed E-state index contributed by atoms with van der Waals surface area (Å²) in [6, 6.07) is 6.86. The molecule has 1 fully saturated rings. The van der Waals surface area contributed by atoms with Crippen LogP contribution in [0.25, 0.3) is 0 Å². The number of carbonyl (C=O) groups excluding carboxylic acids is 1. The molecule has 37 heavy (non-hydrogen) atoms. The zero-order chi connectivity index (χ0) is 27.4. The van der Waals surface area contributed by atoms with Gasteiger partial charge in [0.05, 0.1) is 23.4 Å². The molecule has 2 aliphatic heterocycles. The van der Waals surface area contributed by atoms with Crippen LogP contribution in [0, 0.1) is 11.2 Å². The number of hydrogen-bond donors (Lipinski definition) is 0. The molecule has 0 N–H and O–H groups in total. The van der Waals surface area contributed by atoms with E-state index in [1.807, 2.05) is 32.9 Å². The Labute approximate surface area is 217 Å². The second-order valence-electron chi connectivity index (χ2n) is 11.7. The van der Waals surface area contributed by atoms with Crippen molar-refractivity contribution < 1.29 is 26.7 Å². The number of anilines is 2. The number of hydrogen-bond acceptors (Lipinski definition) is 6. The first-order valence-corrected chi connectivity index (χ1v) is 14.2. The third kappa shape index (κ3) is 5.56. The van der Waals surface area contributed by atoms with E-state index >= 15 is 0 Å². The fourth-order valence-corrected chi connectivity index (χ4v) is 6.65. The topological polar surface area (TPSA) is 76.6 Å². The number of nitrogens with zero attached hydrogens (tertiary/aromatic N) is 2. The SMILES string of the molecule is C=C1N(c2cc(OCC(C)(C)F)c(F)cn2)c2ccc(C(=O)CC3(C)CCS(=O)(=O)CC3)cc2C1(C)C. The van der Waals surface area contributed by atoms with E-state index in [-0.39, 0.29) is 41.5 Å². The number of pyridine rings is 1. The number of rotatable bonds is 7. The summed E-state index contributed by atoms with van der Waals surface area (Å²) in [6.45, 7) is 12.6. The smallest absolute Gasteiger partial charge is 0.183 e. The molecule has 0 saturated carbocycles. The van der Waals surface area contributed by atoms with Crippen molar-refractivity contribution in [2.45, 2.75) is 65.0 Å². The zero-order valence-electron chi connectivity index (χ0n) is 22.0. The number of allylic oxidation sites excluding steroid dienone is 1. The second-order valence-corrected chi connectivity index (χ2v) is 14.0. The lowest BCUT2D eigenvalue weighted by Gasteiger charge is -2.32. The number of alkyl halides is 1. The summed E-state index contributed by atoms with van der Waals surface area (Å²) in [5.41, 5.74) is 0.343. The predicted octanol–water partition coefficient (Wildman–Crippen LogP) is 6.08. The van der Waals surface area contributed by atoms with E-state index in [1.165, 1.54) is 19.9 Å². The van der Waals surface area contributed by atoms with Crippen molar-refractivity contribution in [1.82, 2.24) is 4.98 Å². The van der Waals surface area contributed by atoms with E-state index < -0.39 is 26.7 Å². The molecule has 0 radical (unpaired) electrons. The van der Waals surface area contributed by atoms with Crippen LogP contribution in [0.15, 0.2) is 42.7 Å². The van der Waals surface area contributed by atoms with E-state index in [1.54, 1.807) is 11.0 Å². The number of halogens is 2. The molecule has 0 aliphatic carbocycles. The number of ketones is 1. The molecule has 2 aliphatic rings. The molecule has 3 heterocycles. The molecule has 0 bridgehead atoms. The average Bonchev–Trinajstić information content (AvgIpc) is 3.00. The third-order valence-electron chi connectivity index (χ3n) is 7.45. The van der Waals surface area contributed by atoms with Crippen LogP contribution in [-0.2, 0) is 15.3 Å². The molecule has 1 saturated heterocycles.